The number of carbonyl (C=O) groups excluding carboxylic acids is 1. The number of ketones is 1. The molecule has 0 atom stereocenters. The first-order valence-electron chi connectivity index (χ1n) is 10.9. The van der Waals surface area contributed by atoms with Gasteiger partial charge in [-0.2, -0.15) is 0 Å². The summed E-state index contributed by atoms with van der Waals surface area (Å²) in [5, 5.41) is 3.50. The molecule has 0 aromatic carbocycles. The molecule has 0 heterocycles. The number of rotatable bonds is 19. The summed E-state index contributed by atoms with van der Waals surface area (Å²) >= 11 is 0. The van der Waals surface area contributed by atoms with Gasteiger partial charge in [0.15, 0.2) is 5.78 Å². The molecule has 0 bridgehead atoms. The highest BCUT2D eigenvalue weighted by atomic mass is 16.1. The minimum atomic E-state index is 0.100. The lowest BCUT2D eigenvalue weighted by Crippen LogP contribution is -1.98. The summed E-state index contributed by atoms with van der Waals surface area (Å²) in [6.45, 7) is 4.24. The number of carbonyl (C=O) groups is 1. The van der Waals surface area contributed by atoms with Crippen molar-refractivity contribution in [2.45, 2.75) is 117 Å². The second-order valence-corrected chi connectivity index (χ2v) is 7.37. The molecule has 0 amide bonds. The quantitative estimate of drug-likeness (QED) is 0.0751. The summed E-state index contributed by atoms with van der Waals surface area (Å²) in [5.41, 5.74) is 9.10. The zero-order valence-corrected chi connectivity index (χ0v) is 17.3. The van der Waals surface area contributed by atoms with Crippen LogP contribution < -0.4 is 0 Å². The van der Waals surface area contributed by atoms with Crippen LogP contribution in [0.15, 0.2) is 16.8 Å². The number of unbranched alkanes of at least 4 members (excludes halogenated alkanes) is 14. The molecule has 0 N–H and O–H groups in total. The van der Waals surface area contributed by atoms with Crippen molar-refractivity contribution >= 4 is 5.78 Å². The van der Waals surface area contributed by atoms with E-state index >= 15 is 0 Å². The van der Waals surface area contributed by atoms with Crippen molar-refractivity contribution in [3.05, 3.63) is 22.1 Å². The first-order chi connectivity index (χ1) is 12.7. The van der Waals surface area contributed by atoms with Gasteiger partial charge >= 0.3 is 0 Å². The van der Waals surface area contributed by atoms with Gasteiger partial charge in [0.25, 0.3) is 0 Å². The summed E-state index contributed by atoms with van der Waals surface area (Å²) < 4.78 is 0. The van der Waals surface area contributed by atoms with Crippen molar-refractivity contribution < 1.29 is 4.79 Å². The summed E-state index contributed by atoms with van der Waals surface area (Å²) in [5.74, 6) is 0.100. The van der Waals surface area contributed by atoms with E-state index < -0.39 is 0 Å². The lowest BCUT2D eigenvalue weighted by atomic mass is 10.0. The molecule has 0 aliphatic rings. The van der Waals surface area contributed by atoms with E-state index in [0.29, 0.717) is 13.0 Å². The Bertz CT molecular complexity index is 412. The smallest absolute Gasteiger partial charge is 0.155 e. The Kier molecular flexibility index (Phi) is 19.1. The Balaban J connectivity index is 3.42. The van der Waals surface area contributed by atoms with Gasteiger partial charge in [0.2, 0.25) is 0 Å². The number of Topliss-reactive ketones (excluding diaryl/α,β-unsaturated/α-hetero) is 1. The highest BCUT2D eigenvalue weighted by molar-refractivity contribution is 5.93. The van der Waals surface area contributed by atoms with Crippen LogP contribution in [0.5, 0.6) is 0 Å². The normalized spacial score (nSPS) is 11.4. The molecular formula is C22H41N3O. The van der Waals surface area contributed by atoms with Crippen molar-refractivity contribution in [3.8, 4) is 0 Å². The summed E-state index contributed by atoms with van der Waals surface area (Å²) in [7, 11) is 0. The molecule has 0 fully saturated rings. The number of hydrogen-bond acceptors (Lipinski definition) is 2. The molecule has 0 radical (unpaired) electrons. The standard InChI is InChI=1S/C22H41N3O/c1-3-4-5-6-7-8-9-10-11-12-13-14-15-16-17-18-22(21(2)26)19-20-24-25-23/h18H,3-17,19-20H2,1-2H3/b22-18+. The van der Waals surface area contributed by atoms with E-state index in [9.17, 15) is 4.79 Å². The van der Waals surface area contributed by atoms with Crippen LogP contribution in [-0.2, 0) is 4.79 Å². The van der Waals surface area contributed by atoms with Gasteiger partial charge in [-0.05, 0) is 37.3 Å². The Morgan fingerprint density at radius 2 is 1.31 bits per heavy atom. The van der Waals surface area contributed by atoms with Crippen molar-refractivity contribution in [1.29, 1.82) is 0 Å². The Labute approximate surface area is 161 Å². The highest BCUT2D eigenvalue weighted by Gasteiger charge is 2.02. The average Bonchev–Trinajstić information content (AvgIpc) is 2.63. The van der Waals surface area contributed by atoms with Gasteiger partial charge < -0.3 is 0 Å². The zero-order chi connectivity index (χ0) is 19.3. The molecular weight excluding hydrogens is 322 g/mol. The van der Waals surface area contributed by atoms with E-state index in [1.54, 1.807) is 6.92 Å². The van der Waals surface area contributed by atoms with Gasteiger partial charge in [-0.1, -0.05) is 102 Å². The maximum absolute atomic E-state index is 11.5. The van der Waals surface area contributed by atoms with Crippen molar-refractivity contribution in [3.63, 3.8) is 0 Å². The van der Waals surface area contributed by atoms with Gasteiger partial charge in [-0.15, -0.1) is 0 Å². The van der Waals surface area contributed by atoms with E-state index in [-0.39, 0.29) is 5.78 Å². The molecule has 0 saturated carbocycles. The fraction of sp³-hybridized carbons (Fsp3) is 0.864. The van der Waals surface area contributed by atoms with Crippen LogP contribution >= 0.6 is 0 Å². The third kappa shape index (κ3) is 17.5. The Hall–Kier alpha value is -1.28. The van der Waals surface area contributed by atoms with Crippen molar-refractivity contribution in [2.24, 2.45) is 5.11 Å². The van der Waals surface area contributed by atoms with Crippen LogP contribution in [0.25, 0.3) is 10.4 Å². The molecule has 0 spiro atoms. The molecule has 0 aromatic rings. The van der Waals surface area contributed by atoms with Crippen molar-refractivity contribution in [1.82, 2.24) is 0 Å². The molecule has 0 rings (SSSR count). The molecule has 0 saturated heterocycles. The Morgan fingerprint density at radius 1 is 0.846 bits per heavy atom. The molecule has 4 nitrogen and oxygen atoms in total. The van der Waals surface area contributed by atoms with E-state index in [4.69, 9.17) is 5.53 Å². The maximum Gasteiger partial charge on any atom is 0.155 e. The number of hydrogen-bond donors (Lipinski definition) is 0. The van der Waals surface area contributed by atoms with Crippen LogP contribution in [0, 0.1) is 0 Å². The SMILES string of the molecule is CCCCCCCCCCCCCCCC/C=C(\CCN=[N+]=[N-])C(C)=O. The largest absolute Gasteiger partial charge is 0.295 e. The van der Waals surface area contributed by atoms with Gasteiger partial charge in [0.1, 0.15) is 0 Å². The fourth-order valence-electron chi connectivity index (χ4n) is 3.25. The third-order valence-corrected chi connectivity index (χ3v) is 4.95. The molecule has 26 heavy (non-hydrogen) atoms. The predicted octanol–water partition coefficient (Wildman–Crippen LogP) is 8.07. The van der Waals surface area contributed by atoms with Gasteiger partial charge in [0, 0.05) is 11.5 Å². The molecule has 0 aliphatic carbocycles. The number of allylic oxidation sites excluding steroid dienone is 1. The molecule has 0 aliphatic heterocycles. The topological polar surface area (TPSA) is 65.8 Å². The molecule has 0 unspecified atom stereocenters. The first kappa shape index (κ1) is 24.7. The minimum absolute atomic E-state index is 0.100. The van der Waals surface area contributed by atoms with Gasteiger partial charge in [-0.25, -0.2) is 0 Å². The monoisotopic (exact) mass is 363 g/mol. The molecule has 150 valence electrons. The van der Waals surface area contributed by atoms with Gasteiger partial charge in [0.05, 0.1) is 0 Å². The van der Waals surface area contributed by atoms with Crippen LogP contribution in [-0.4, -0.2) is 12.3 Å². The lowest BCUT2D eigenvalue weighted by Gasteiger charge is -2.03. The van der Waals surface area contributed by atoms with Crippen LogP contribution in [0.2, 0.25) is 0 Å². The average molecular weight is 364 g/mol. The second kappa shape index (κ2) is 20.0. The predicted molar refractivity (Wildman–Crippen MR) is 112 cm³/mol. The molecule has 4 heteroatoms. The third-order valence-electron chi connectivity index (χ3n) is 4.95. The van der Waals surface area contributed by atoms with Gasteiger partial charge in [-0.3, -0.25) is 4.79 Å². The van der Waals surface area contributed by atoms with E-state index in [0.717, 1.165) is 18.4 Å². The lowest BCUT2D eigenvalue weighted by molar-refractivity contribution is -0.113. The van der Waals surface area contributed by atoms with Crippen molar-refractivity contribution in [2.75, 3.05) is 6.54 Å². The van der Waals surface area contributed by atoms with E-state index in [1.807, 2.05) is 6.08 Å². The zero-order valence-electron chi connectivity index (χ0n) is 17.3. The first-order valence-corrected chi connectivity index (χ1v) is 10.9. The van der Waals surface area contributed by atoms with Crippen LogP contribution in [0.4, 0.5) is 0 Å². The Morgan fingerprint density at radius 3 is 1.73 bits per heavy atom. The summed E-state index contributed by atoms with van der Waals surface area (Å²) in [6.07, 6.45) is 22.6. The van der Waals surface area contributed by atoms with Crippen LogP contribution in [0.1, 0.15) is 117 Å². The van der Waals surface area contributed by atoms with E-state index in [2.05, 4.69) is 16.9 Å². The number of nitrogens with zero attached hydrogens (tertiary/aromatic N) is 3. The second-order valence-electron chi connectivity index (χ2n) is 7.37. The minimum Gasteiger partial charge on any atom is -0.295 e. The summed E-state index contributed by atoms with van der Waals surface area (Å²) in [4.78, 5) is 14.2. The highest BCUT2D eigenvalue weighted by Crippen LogP contribution is 2.14. The number of azide groups is 1. The van der Waals surface area contributed by atoms with E-state index in [1.165, 1.54) is 83.5 Å². The maximum atomic E-state index is 11.5. The molecule has 0 aromatic heterocycles. The summed E-state index contributed by atoms with van der Waals surface area (Å²) in [6, 6.07) is 0. The van der Waals surface area contributed by atoms with Crippen LogP contribution in [0.3, 0.4) is 0 Å². The fourth-order valence-corrected chi connectivity index (χ4v) is 3.25.